The Morgan fingerprint density at radius 1 is 1.08 bits per heavy atom. The predicted molar refractivity (Wildman–Crippen MR) is 105 cm³/mol. The van der Waals surface area contributed by atoms with E-state index in [9.17, 15) is 13.2 Å². The van der Waals surface area contributed by atoms with Crippen molar-refractivity contribution in [2.45, 2.75) is 4.21 Å². The van der Waals surface area contributed by atoms with Gasteiger partial charge in [0.1, 0.15) is 9.90 Å². The maximum absolute atomic E-state index is 12.7. The van der Waals surface area contributed by atoms with E-state index >= 15 is 0 Å². The molecule has 1 amide bonds. The summed E-state index contributed by atoms with van der Waals surface area (Å²) in [5.41, 5.74) is 1.45. The maximum atomic E-state index is 12.7. The summed E-state index contributed by atoms with van der Waals surface area (Å²) in [5, 5.41) is 0.986. The Morgan fingerprint density at radius 3 is 2.46 bits per heavy atom. The van der Waals surface area contributed by atoms with Crippen molar-refractivity contribution in [2.24, 2.45) is 0 Å². The minimum absolute atomic E-state index is 0.0999. The minimum Gasteiger partial charge on any atom is -0.351 e. The summed E-state index contributed by atoms with van der Waals surface area (Å²) in [6.45, 7) is 1.34. The lowest BCUT2D eigenvalue weighted by Crippen LogP contribution is -2.50. The summed E-state index contributed by atoms with van der Waals surface area (Å²) in [7, 11) is -3.50. The van der Waals surface area contributed by atoms with Crippen molar-refractivity contribution in [1.29, 1.82) is 0 Å². The number of H-pyrrole nitrogens is 1. The Balaban J connectivity index is 1.47. The van der Waals surface area contributed by atoms with E-state index in [4.69, 9.17) is 0 Å². The molecule has 0 spiro atoms. The van der Waals surface area contributed by atoms with Crippen LogP contribution >= 0.6 is 27.3 Å². The summed E-state index contributed by atoms with van der Waals surface area (Å²) < 4.78 is 27.9. The van der Waals surface area contributed by atoms with Gasteiger partial charge in [-0.3, -0.25) is 4.79 Å². The highest BCUT2D eigenvalue weighted by atomic mass is 79.9. The van der Waals surface area contributed by atoms with Gasteiger partial charge in [-0.05, 0) is 40.2 Å². The van der Waals surface area contributed by atoms with Crippen LogP contribution < -0.4 is 0 Å². The number of hydrogen-bond acceptors (Lipinski definition) is 4. The molecule has 1 aromatic carbocycles. The zero-order chi connectivity index (χ0) is 18.3. The number of aromatic nitrogens is 1. The first-order chi connectivity index (χ1) is 12.4. The lowest BCUT2D eigenvalue weighted by atomic mass is 10.2. The fourth-order valence-corrected chi connectivity index (χ4v) is 6.64. The average molecular weight is 454 g/mol. The second-order valence-electron chi connectivity index (χ2n) is 6.03. The van der Waals surface area contributed by atoms with Crippen molar-refractivity contribution in [3.05, 3.63) is 51.9 Å². The number of hydrogen-bond donors (Lipinski definition) is 1. The number of rotatable bonds is 3. The molecule has 26 heavy (non-hydrogen) atoms. The van der Waals surface area contributed by atoms with Crippen LogP contribution in [0.25, 0.3) is 10.9 Å². The molecule has 3 aromatic rings. The van der Waals surface area contributed by atoms with E-state index in [-0.39, 0.29) is 5.91 Å². The fourth-order valence-electron chi connectivity index (χ4n) is 3.05. The van der Waals surface area contributed by atoms with Crippen LogP contribution in [0, 0.1) is 0 Å². The molecule has 0 bridgehead atoms. The molecule has 1 aliphatic rings. The quantitative estimate of drug-likeness (QED) is 0.661. The number of aromatic amines is 1. The van der Waals surface area contributed by atoms with Gasteiger partial charge in [0.15, 0.2) is 0 Å². The molecule has 9 heteroatoms. The molecule has 136 valence electrons. The molecule has 0 radical (unpaired) electrons. The molecule has 1 aliphatic heterocycles. The van der Waals surface area contributed by atoms with Gasteiger partial charge < -0.3 is 9.88 Å². The number of thiophene rings is 1. The zero-order valence-electron chi connectivity index (χ0n) is 13.7. The van der Waals surface area contributed by atoms with Crippen molar-refractivity contribution in [1.82, 2.24) is 14.2 Å². The van der Waals surface area contributed by atoms with Gasteiger partial charge in [0.05, 0.1) is 3.79 Å². The van der Waals surface area contributed by atoms with Crippen LogP contribution in [0.15, 0.2) is 50.5 Å². The molecule has 0 atom stereocenters. The van der Waals surface area contributed by atoms with Crippen molar-refractivity contribution >= 4 is 54.1 Å². The highest BCUT2D eigenvalue weighted by Gasteiger charge is 2.31. The van der Waals surface area contributed by atoms with Crippen molar-refractivity contribution in [3.8, 4) is 0 Å². The normalized spacial score (nSPS) is 16.3. The largest absolute Gasteiger partial charge is 0.351 e. The van der Waals surface area contributed by atoms with Crippen molar-refractivity contribution < 1.29 is 13.2 Å². The van der Waals surface area contributed by atoms with E-state index in [0.29, 0.717) is 36.1 Å². The Labute approximate surface area is 163 Å². The number of amides is 1. The van der Waals surface area contributed by atoms with E-state index < -0.39 is 10.0 Å². The highest BCUT2D eigenvalue weighted by molar-refractivity contribution is 9.11. The van der Waals surface area contributed by atoms with Crippen molar-refractivity contribution in [2.75, 3.05) is 26.2 Å². The zero-order valence-corrected chi connectivity index (χ0v) is 16.9. The lowest BCUT2D eigenvalue weighted by molar-refractivity contribution is 0.0693. The third-order valence-corrected chi connectivity index (χ3v) is 8.42. The molecule has 6 nitrogen and oxygen atoms in total. The molecule has 0 saturated carbocycles. The Hall–Kier alpha value is -1.68. The van der Waals surface area contributed by atoms with Crippen LogP contribution in [0.2, 0.25) is 0 Å². The molecule has 3 heterocycles. The summed E-state index contributed by atoms with van der Waals surface area (Å²) in [5.74, 6) is -0.0999. The smallest absolute Gasteiger partial charge is 0.270 e. The number of benzene rings is 1. The van der Waals surface area contributed by atoms with E-state index in [0.717, 1.165) is 14.7 Å². The first-order valence-electron chi connectivity index (χ1n) is 8.08. The number of fused-ring (bicyclic) bond motifs is 1. The molecule has 2 aromatic heterocycles. The van der Waals surface area contributed by atoms with Crippen LogP contribution in [-0.2, 0) is 10.0 Å². The number of nitrogens with zero attached hydrogens (tertiary/aromatic N) is 2. The van der Waals surface area contributed by atoms with E-state index in [1.165, 1.54) is 15.6 Å². The highest BCUT2D eigenvalue weighted by Crippen LogP contribution is 2.29. The summed E-state index contributed by atoms with van der Waals surface area (Å²) in [6, 6.07) is 12.9. The third kappa shape index (κ3) is 3.20. The Kier molecular flexibility index (Phi) is 4.64. The van der Waals surface area contributed by atoms with E-state index in [1.807, 2.05) is 30.3 Å². The van der Waals surface area contributed by atoms with Gasteiger partial charge in [-0.25, -0.2) is 8.42 Å². The van der Waals surface area contributed by atoms with E-state index in [1.54, 1.807) is 17.0 Å². The summed E-state index contributed by atoms with van der Waals surface area (Å²) in [6.07, 6.45) is 0. The van der Waals surface area contributed by atoms with E-state index in [2.05, 4.69) is 20.9 Å². The van der Waals surface area contributed by atoms with Gasteiger partial charge in [0.2, 0.25) is 0 Å². The van der Waals surface area contributed by atoms with Gasteiger partial charge in [0.25, 0.3) is 15.9 Å². The van der Waals surface area contributed by atoms with Gasteiger partial charge in [0, 0.05) is 37.1 Å². The number of nitrogens with one attached hydrogen (secondary N) is 1. The number of piperazine rings is 1. The lowest BCUT2D eigenvalue weighted by Gasteiger charge is -2.33. The Bertz CT molecular complexity index is 1030. The minimum atomic E-state index is -3.50. The second kappa shape index (κ2) is 6.80. The molecule has 0 aliphatic carbocycles. The Morgan fingerprint density at radius 2 is 1.81 bits per heavy atom. The average Bonchev–Trinajstić information content (AvgIpc) is 3.27. The summed E-state index contributed by atoms with van der Waals surface area (Å²) in [4.78, 5) is 17.6. The standard InChI is InChI=1S/C17H16BrN3O3S2/c18-15-5-6-16(25-15)26(23,24)21-9-7-20(8-10-21)17(22)14-11-12-3-1-2-4-13(12)19-14/h1-6,11,19H,7-10H2. The number of para-hydroxylation sites is 1. The van der Waals surface area contributed by atoms with Crippen LogP contribution in [0.4, 0.5) is 0 Å². The number of carbonyl (C=O) groups is 1. The SMILES string of the molecule is O=C(c1cc2ccccc2[nH]1)N1CCN(S(=O)(=O)c2ccc(Br)s2)CC1. The van der Waals surface area contributed by atoms with Gasteiger partial charge >= 0.3 is 0 Å². The van der Waals surface area contributed by atoms with Gasteiger partial charge in [-0.15, -0.1) is 11.3 Å². The monoisotopic (exact) mass is 453 g/mol. The number of halogens is 1. The van der Waals surface area contributed by atoms with Crippen LogP contribution in [0.5, 0.6) is 0 Å². The molecule has 1 saturated heterocycles. The molecule has 1 N–H and O–H groups in total. The summed E-state index contributed by atoms with van der Waals surface area (Å²) >= 11 is 4.49. The molecule has 4 rings (SSSR count). The van der Waals surface area contributed by atoms with Crippen molar-refractivity contribution in [3.63, 3.8) is 0 Å². The number of carbonyl (C=O) groups excluding carboxylic acids is 1. The number of sulfonamides is 1. The second-order valence-corrected chi connectivity index (χ2v) is 10.7. The first-order valence-corrected chi connectivity index (χ1v) is 11.1. The van der Waals surface area contributed by atoms with Gasteiger partial charge in [-0.1, -0.05) is 18.2 Å². The maximum Gasteiger partial charge on any atom is 0.270 e. The van der Waals surface area contributed by atoms with Crippen LogP contribution in [0.1, 0.15) is 10.5 Å². The van der Waals surface area contributed by atoms with Gasteiger partial charge in [-0.2, -0.15) is 4.31 Å². The molecular weight excluding hydrogens is 438 g/mol. The van der Waals surface area contributed by atoms with Crippen LogP contribution in [0.3, 0.4) is 0 Å². The topological polar surface area (TPSA) is 73.5 Å². The fraction of sp³-hybridized carbons (Fsp3) is 0.235. The third-order valence-electron chi connectivity index (χ3n) is 4.43. The molecule has 1 fully saturated rings. The molecule has 0 unspecified atom stereocenters. The van der Waals surface area contributed by atoms with Crippen LogP contribution in [-0.4, -0.2) is 54.7 Å². The predicted octanol–water partition coefficient (Wildman–Crippen LogP) is 3.14. The first kappa shape index (κ1) is 17.7. The molecular formula is C17H16BrN3O3S2.